The number of nitriles is 1. The van der Waals surface area contributed by atoms with Crippen molar-refractivity contribution in [3.63, 3.8) is 0 Å². The van der Waals surface area contributed by atoms with E-state index in [0.717, 1.165) is 5.56 Å². The van der Waals surface area contributed by atoms with Gasteiger partial charge < -0.3 is 24.6 Å². The van der Waals surface area contributed by atoms with Crippen molar-refractivity contribution in [1.29, 1.82) is 5.26 Å². The Kier molecular flexibility index (Phi) is 19.4. The van der Waals surface area contributed by atoms with E-state index in [1.54, 1.807) is 30.8 Å². The lowest BCUT2D eigenvalue weighted by Gasteiger charge is -2.41. The number of rotatable bonds is 25. The fourth-order valence-corrected chi connectivity index (χ4v) is 10.2. The summed E-state index contributed by atoms with van der Waals surface area (Å²) in [5, 5.41) is 12.5. The molecule has 0 bridgehead atoms. The number of hydrogen-bond donors (Lipinski definition) is 2. The Bertz CT molecular complexity index is 1760. The molecule has 0 unspecified atom stereocenters. The van der Waals surface area contributed by atoms with E-state index in [4.69, 9.17) is 9.47 Å². The fourth-order valence-electron chi connectivity index (χ4n) is 8.80. The van der Waals surface area contributed by atoms with Crippen molar-refractivity contribution in [2.45, 2.75) is 135 Å². The number of ether oxygens (including phenoxy) is 2. The number of likely N-dealkylation sites (N-methyl/N-ethyl adjacent to an activating group) is 2. The van der Waals surface area contributed by atoms with Crippen LogP contribution < -0.4 is 10.0 Å². The van der Waals surface area contributed by atoms with E-state index < -0.39 is 69.1 Å². The molecule has 2 fully saturated rings. The van der Waals surface area contributed by atoms with Crippen LogP contribution >= 0.6 is 0 Å². The molecule has 2 N–H and O–H groups in total. The van der Waals surface area contributed by atoms with Crippen molar-refractivity contribution in [2.75, 3.05) is 34.9 Å². The van der Waals surface area contributed by atoms with Gasteiger partial charge in [-0.15, -0.1) is 0 Å². The zero-order valence-electron chi connectivity index (χ0n) is 37.7. The Morgan fingerprint density at radius 1 is 0.933 bits per heavy atom. The van der Waals surface area contributed by atoms with Gasteiger partial charge in [-0.25, -0.2) is 8.42 Å². The van der Waals surface area contributed by atoms with Gasteiger partial charge in [0.25, 0.3) is 0 Å². The first-order valence-corrected chi connectivity index (χ1v) is 23.1. The van der Waals surface area contributed by atoms with Crippen LogP contribution in [0, 0.1) is 52.8 Å². The molecule has 3 rings (SSSR count). The van der Waals surface area contributed by atoms with Gasteiger partial charge in [0.05, 0.1) is 54.0 Å². The van der Waals surface area contributed by atoms with Crippen LogP contribution in [0.1, 0.15) is 99.0 Å². The summed E-state index contributed by atoms with van der Waals surface area (Å²) in [6.07, 6.45) is 0.147. The first-order valence-electron chi connectivity index (χ1n) is 21.6. The summed E-state index contributed by atoms with van der Waals surface area (Å²) >= 11 is 0. The average molecular weight is 858 g/mol. The third-order valence-corrected chi connectivity index (χ3v) is 14.6. The largest absolute Gasteiger partial charge is 0.379 e. The molecule has 1 aromatic rings. The molecule has 2 aliphatic rings. The highest BCUT2D eigenvalue weighted by Crippen LogP contribution is 2.34. The molecule has 1 heterocycles. The molecule has 0 aromatic heterocycles. The number of hydrogen-bond acceptors (Lipinski definition) is 11. The van der Waals surface area contributed by atoms with Crippen LogP contribution in [0.3, 0.4) is 0 Å². The Labute approximate surface area is 358 Å². The van der Waals surface area contributed by atoms with Crippen molar-refractivity contribution in [2.24, 2.45) is 41.4 Å². The second-order valence-corrected chi connectivity index (χ2v) is 19.7. The van der Waals surface area contributed by atoms with Gasteiger partial charge in [-0.05, 0) is 56.0 Å². The Morgan fingerprint density at radius 2 is 1.57 bits per heavy atom. The summed E-state index contributed by atoms with van der Waals surface area (Å²) in [6.45, 7) is 13.6. The number of methoxy groups -OCH3 is 2. The van der Waals surface area contributed by atoms with Crippen molar-refractivity contribution in [3.05, 3.63) is 35.9 Å². The number of carbonyl (C=O) groups is 5. The summed E-state index contributed by atoms with van der Waals surface area (Å²) in [4.78, 5) is 73.0. The van der Waals surface area contributed by atoms with Crippen LogP contribution in [-0.2, 0) is 49.9 Å². The number of nitrogens with zero attached hydrogens (tertiary/aromatic N) is 3. The maximum atomic E-state index is 14.5. The van der Waals surface area contributed by atoms with Gasteiger partial charge in [0.1, 0.15) is 5.78 Å². The molecule has 60 heavy (non-hydrogen) atoms. The monoisotopic (exact) mass is 857 g/mol. The topological polar surface area (TPSA) is 192 Å². The van der Waals surface area contributed by atoms with Gasteiger partial charge >= 0.3 is 0 Å². The molecule has 0 spiro atoms. The van der Waals surface area contributed by atoms with Gasteiger partial charge in [-0.2, -0.15) is 5.26 Å². The molecular formula is C45H71N5O9S. The lowest BCUT2D eigenvalue weighted by molar-refractivity contribution is -0.149. The predicted octanol–water partition coefficient (Wildman–Crippen LogP) is 4.56. The number of Topliss-reactive ketones (excluding diaryl/α,β-unsaturated/α-hetero) is 2. The molecule has 1 aliphatic carbocycles. The maximum absolute atomic E-state index is 14.5. The minimum absolute atomic E-state index is 0.0319. The van der Waals surface area contributed by atoms with E-state index in [1.807, 2.05) is 71.9 Å². The molecule has 10 atom stereocenters. The van der Waals surface area contributed by atoms with Gasteiger partial charge in [0, 0.05) is 58.4 Å². The third-order valence-electron chi connectivity index (χ3n) is 12.8. The van der Waals surface area contributed by atoms with Crippen LogP contribution in [0.15, 0.2) is 30.3 Å². The Hall–Kier alpha value is -3.71. The second kappa shape index (κ2) is 22.9. The highest BCUT2D eigenvalue weighted by atomic mass is 32.2. The van der Waals surface area contributed by atoms with Crippen molar-refractivity contribution >= 4 is 39.3 Å². The molecular weight excluding hydrogens is 787 g/mol. The van der Waals surface area contributed by atoms with Crippen LogP contribution in [0.5, 0.6) is 0 Å². The van der Waals surface area contributed by atoms with E-state index in [-0.39, 0.29) is 85.8 Å². The normalized spacial score (nSPS) is 21.0. The molecule has 0 radical (unpaired) electrons. The third kappa shape index (κ3) is 13.1. The van der Waals surface area contributed by atoms with E-state index in [1.165, 1.54) is 14.2 Å². The maximum Gasteiger partial charge on any atom is 0.237 e. The highest BCUT2D eigenvalue weighted by molar-refractivity contribution is 7.90. The number of nitrogens with one attached hydrogen (secondary N) is 2. The number of sulfonamides is 1. The Morgan fingerprint density at radius 3 is 2.07 bits per heavy atom. The molecule has 1 aromatic carbocycles. The number of carbonyl (C=O) groups excluding carboxylic acids is 5. The van der Waals surface area contributed by atoms with Crippen molar-refractivity contribution in [3.8, 4) is 6.07 Å². The number of ketones is 2. The van der Waals surface area contributed by atoms with E-state index in [9.17, 15) is 37.7 Å². The van der Waals surface area contributed by atoms with Gasteiger partial charge in [-0.1, -0.05) is 85.2 Å². The van der Waals surface area contributed by atoms with Crippen LogP contribution in [0.25, 0.3) is 0 Å². The summed E-state index contributed by atoms with van der Waals surface area (Å²) < 4.78 is 39.7. The van der Waals surface area contributed by atoms with E-state index in [0.29, 0.717) is 19.3 Å². The molecule has 1 aliphatic heterocycles. The fraction of sp³-hybridized carbons (Fsp3) is 0.733. The second-order valence-electron chi connectivity index (χ2n) is 17.8. The SMILES string of the molecule is CC[C@H](C)[C@@H]([C@@H](CC(=O)N1C[C@H](C#N)C[C@H]1[C@H](OC)[C@@H](C)C(=O)C[C@@H](Cc1ccccc1)C(=O)NS(=O)(=O)C1CC1)OC)N(C)C(=O)[C@@H](CC(=O)[C@@H](NC)C(C)C)C(C)C. The number of amides is 3. The van der Waals surface area contributed by atoms with Gasteiger partial charge in [0.2, 0.25) is 27.7 Å². The van der Waals surface area contributed by atoms with Crippen LogP contribution in [0.2, 0.25) is 0 Å². The summed E-state index contributed by atoms with van der Waals surface area (Å²) in [5.41, 5.74) is 0.771. The van der Waals surface area contributed by atoms with Crippen LogP contribution in [0.4, 0.5) is 0 Å². The first kappa shape index (κ1) is 50.6. The lowest BCUT2D eigenvalue weighted by Crippen LogP contribution is -2.54. The lowest BCUT2D eigenvalue weighted by atomic mass is 9.84. The minimum Gasteiger partial charge on any atom is -0.379 e. The van der Waals surface area contributed by atoms with E-state index >= 15 is 0 Å². The molecule has 3 amide bonds. The Balaban J connectivity index is 1.86. The average Bonchev–Trinajstić information content (AvgIpc) is 4.00. The molecule has 1 saturated heterocycles. The smallest absolute Gasteiger partial charge is 0.237 e. The molecule has 14 nitrogen and oxygen atoms in total. The predicted molar refractivity (Wildman–Crippen MR) is 230 cm³/mol. The summed E-state index contributed by atoms with van der Waals surface area (Å²) in [7, 11) is 2.55. The zero-order chi connectivity index (χ0) is 45.1. The molecule has 1 saturated carbocycles. The van der Waals surface area contributed by atoms with Crippen LogP contribution in [-0.4, -0.2) is 118 Å². The van der Waals surface area contributed by atoms with Gasteiger partial charge in [-0.3, -0.25) is 28.7 Å². The standard InChI is InChI=1S/C45H71N5O9S/c1-12-29(6)42(49(9)45(55)35(27(2)3)23-38(52)41(47-8)28(4)5)39(58-10)24-40(53)50-26-32(25-46)21-36(50)43(59-11)30(7)37(51)22-33(20-31-16-14-13-15-17-31)44(54)48-60(56,57)34-18-19-34/h13-17,27-30,32-36,39,41-43,47H,12,18-24,26H2,1-11H3,(H,48,54)/t29-,30-,32-,33+,35-,36-,39+,41-,42-,43+/m0/s1. The first-order chi connectivity index (χ1) is 28.3. The molecule has 336 valence electrons. The number of benzene rings is 1. The summed E-state index contributed by atoms with van der Waals surface area (Å²) in [6, 6.07) is 9.78. The zero-order valence-corrected chi connectivity index (χ0v) is 38.5. The van der Waals surface area contributed by atoms with Crippen molar-refractivity contribution < 1.29 is 41.9 Å². The van der Waals surface area contributed by atoms with E-state index in [2.05, 4.69) is 16.1 Å². The number of likely N-dealkylation sites (tertiary alicyclic amines) is 1. The van der Waals surface area contributed by atoms with Gasteiger partial charge in [0.15, 0.2) is 5.78 Å². The van der Waals surface area contributed by atoms with Crippen molar-refractivity contribution in [1.82, 2.24) is 19.8 Å². The minimum atomic E-state index is -3.85. The molecule has 15 heteroatoms. The summed E-state index contributed by atoms with van der Waals surface area (Å²) in [5.74, 6) is -4.72. The highest BCUT2D eigenvalue weighted by Gasteiger charge is 2.46. The quantitative estimate of drug-likeness (QED) is 0.140.